The van der Waals surface area contributed by atoms with Crippen LogP contribution in [-0.4, -0.2) is 50.5 Å². The minimum absolute atomic E-state index is 0.00625. The van der Waals surface area contributed by atoms with E-state index in [1.807, 2.05) is 4.90 Å². The van der Waals surface area contributed by atoms with Gasteiger partial charge in [-0.2, -0.15) is 0 Å². The van der Waals surface area contributed by atoms with Crippen molar-refractivity contribution in [3.63, 3.8) is 0 Å². The maximum atomic E-state index is 13.3. The van der Waals surface area contributed by atoms with Crippen LogP contribution in [0, 0.1) is 11.8 Å². The molecule has 2 N–H and O–H groups in total. The second kappa shape index (κ2) is 7.42. The third-order valence-corrected chi connectivity index (χ3v) is 7.72. The second-order valence-corrected chi connectivity index (χ2v) is 11.3. The summed E-state index contributed by atoms with van der Waals surface area (Å²) in [6.45, 7) is 3.59. The van der Waals surface area contributed by atoms with Crippen molar-refractivity contribution in [2.75, 3.05) is 24.7 Å². The van der Waals surface area contributed by atoms with Gasteiger partial charge in [0.2, 0.25) is 15.9 Å². The van der Waals surface area contributed by atoms with Gasteiger partial charge in [0.15, 0.2) is 0 Å². The van der Waals surface area contributed by atoms with Crippen molar-refractivity contribution < 1.29 is 18.0 Å². The Labute approximate surface area is 169 Å². The van der Waals surface area contributed by atoms with E-state index in [1.165, 1.54) is 11.3 Å². The highest BCUT2D eigenvalue weighted by atomic mass is 32.2. The number of carbonyl (C=O) groups excluding carboxylic acids is 2. The summed E-state index contributed by atoms with van der Waals surface area (Å²) < 4.78 is 26.0. The van der Waals surface area contributed by atoms with Crippen molar-refractivity contribution >= 4 is 38.2 Å². The van der Waals surface area contributed by atoms with Crippen LogP contribution >= 0.6 is 11.3 Å². The van der Waals surface area contributed by atoms with Gasteiger partial charge in [-0.1, -0.05) is 6.92 Å². The molecule has 2 aliphatic carbocycles. The third-order valence-electron chi connectivity index (χ3n) is 5.75. The second-order valence-electron chi connectivity index (χ2n) is 8.45. The van der Waals surface area contributed by atoms with E-state index in [2.05, 4.69) is 17.0 Å². The van der Waals surface area contributed by atoms with Crippen LogP contribution in [-0.2, 0) is 27.7 Å². The number of rotatable bonds is 5. The number of carbonyl (C=O) groups is 2. The summed E-state index contributed by atoms with van der Waals surface area (Å²) in [4.78, 5) is 28.7. The number of anilines is 1. The van der Waals surface area contributed by atoms with Crippen LogP contribution in [0.4, 0.5) is 5.00 Å². The molecule has 2 amide bonds. The van der Waals surface area contributed by atoms with Gasteiger partial charge >= 0.3 is 0 Å². The molecule has 0 bridgehead atoms. The number of nitrogens with one attached hydrogen (secondary N) is 2. The van der Waals surface area contributed by atoms with E-state index in [1.54, 1.807) is 0 Å². The first-order valence-corrected chi connectivity index (χ1v) is 12.6. The average molecular weight is 426 g/mol. The third kappa shape index (κ3) is 4.26. The smallest absolute Gasteiger partial charge is 0.257 e. The van der Waals surface area contributed by atoms with Gasteiger partial charge in [-0.3, -0.25) is 9.59 Å². The lowest BCUT2D eigenvalue weighted by molar-refractivity contribution is -0.117. The molecule has 4 rings (SSSR count). The van der Waals surface area contributed by atoms with Crippen molar-refractivity contribution in [3.8, 4) is 0 Å². The average Bonchev–Trinajstić information content (AvgIpc) is 3.28. The standard InChI is InChI=1S/C19H27N3O4S2/c1-11-7-8-22(10-11)19(24)16-14-9-13(21-28(2,25)26)5-6-15(14)27-18(16)20-17(23)12-3-4-12/h11-13,21H,3-10H2,1-2H3,(H,20,23). The van der Waals surface area contributed by atoms with Gasteiger partial charge in [-0.25, -0.2) is 13.1 Å². The van der Waals surface area contributed by atoms with E-state index in [0.29, 0.717) is 35.7 Å². The van der Waals surface area contributed by atoms with E-state index in [4.69, 9.17) is 0 Å². The minimum Gasteiger partial charge on any atom is -0.338 e. The molecule has 1 saturated heterocycles. The molecule has 2 heterocycles. The van der Waals surface area contributed by atoms with Crippen LogP contribution in [0.5, 0.6) is 0 Å². The molecular formula is C19H27N3O4S2. The van der Waals surface area contributed by atoms with Crippen molar-refractivity contribution in [1.29, 1.82) is 0 Å². The van der Waals surface area contributed by atoms with Gasteiger partial charge < -0.3 is 10.2 Å². The lowest BCUT2D eigenvalue weighted by atomic mass is 9.91. The summed E-state index contributed by atoms with van der Waals surface area (Å²) in [6.07, 6.45) is 5.86. The molecule has 3 aliphatic rings. The molecule has 1 aromatic rings. The molecule has 9 heteroatoms. The fourth-order valence-electron chi connectivity index (χ4n) is 4.14. The van der Waals surface area contributed by atoms with Crippen molar-refractivity contribution in [3.05, 3.63) is 16.0 Å². The molecule has 2 unspecified atom stereocenters. The number of thiophene rings is 1. The van der Waals surface area contributed by atoms with Crippen LogP contribution in [0.1, 0.15) is 53.4 Å². The first-order chi connectivity index (χ1) is 13.2. The Hall–Kier alpha value is -1.45. The predicted octanol–water partition coefficient (Wildman–Crippen LogP) is 1.99. The fourth-order valence-corrected chi connectivity index (χ4v) is 6.18. The summed E-state index contributed by atoms with van der Waals surface area (Å²) in [6, 6.07) is -0.215. The largest absolute Gasteiger partial charge is 0.338 e. The Balaban J connectivity index is 1.65. The monoisotopic (exact) mass is 425 g/mol. The molecule has 154 valence electrons. The molecule has 2 atom stereocenters. The lowest BCUT2D eigenvalue weighted by Gasteiger charge is -2.24. The number of hydrogen-bond acceptors (Lipinski definition) is 5. The normalized spacial score (nSPS) is 24.9. The number of aryl methyl sites for hydroxylation is 1. The molecule has 0 spiro atoms. The van der Waals surface area contributed by atoms with Crippen LogP contribution in [0.15, 0.2) is 0 Å². The fraction of sp³-hybridized carbons (Fsp3) is 0.684. The number of amides is 2. The van der Waals surface area contributed by atoms with Crippen molar-refractivity contribution in [1.82, 2.24) is 9.62 Å². The highest BCUT2D eigenvalue weighted by molar-refractivity contribution is 7.88. The molecule has 28 heavy (non-hydrogen) atoms. The van der Waals surface area contributed by atoms with Crippen molar-refractivity contribution in [2.45, 2.75) is 51.5 Å². The van der Waals surface area contributed by atoms with Crippen molar-refractivity contribution in [2.24, 2.45) is 11.8 Å². The molecule has 2 fully saturated rings. The quantitative estimate of drug-likeness (QED) is 0.754. The van der Waals surface area contributed by atoms with Gasteiger partial charge in [0, 0.05) is 29.9 Å². The number of sulfonamides is 1. The molecule has 1 aliphatic heterocycles. The van der Waals surface area contributed by atoms with E-state index in [-0.39, 0.29) is 23.8 Å². The van der Waals surface area contributed by atoms with Gasteiger partial charge in [0.25, 0.3) is 5.91 Å². The minimum atomic E-state index is -3.31. The van der Waals surface area contributed by atoms with Gasteiger partial charge in [0.05, 0.1) is 11.8 Å². The highest BCUT2D eigenvalue weighted by Gasteiger charge is 2.36. The maximum absolute atomic E-state index is 13.3. The zero-order valence-corrected chi connectivity index (χ0v) is 17.9. The SMILES string of the molecule is CC1CCN(C(=O)c2c(NC(=O)C3CC3)sc3c2CC(NS(C)(=O)=O)CC3)C1. The number of nitrogens with zero attached hydrogens (tertiary/aromatic N) is 1. The Morgan fingerprint density at radius 3 is 2.54 bits per heavy atom. The summed E-state index contributed by atoms with van der Waals surface area (Å²) in [5, 5.41) is 3.65. The van der Waals surface area contributed by atoms with E-state index in [0.717, 1.165) is 49.0 Å². The predicted molar refractivity (Wildman–Crippen MR) is 109 cm³/mol. The molecular weight excluding hydrogens is 398 g/mol. The molecule has 1 aromatic heterocycles. The van der Waals surface area contributed by atoms with E-state index < -0.39 is 10.0 Å². The maximum Gasteiger partial charge on any atom is 0.257 e. The van der Waals surface area contributed by atoms with Gasteiger partial charge in [0.1, 0.15) is 5.00 Å². The molecule has 0 aromatic carbocycles. The Morgan fingerprint density at radius 1 is 1.18 bits per heavy atom. The summed E-state index contributed by atoms with van der Waals surface area (Å²) in [7, 11) is -3.31. The van der Waals surface area contributed by atoms with Gasteiger partial charge in [-0.15, -0.1) is 11.3 Å². The Kier molecular flexibility index (Phi) is 5.26. The lowest BCUT2D eigenvalue weighted by Crippen LogP contribution is -2.38. The zero-order valence-electron chi connectivity index (χ0n) is 16.3. The van der Waals surface area contributed by atoms with Gasteiger partial charge in [-0.05, 0) is 50.0 Å². The van der Waals surface area contributed by atoms with Crippen LogP contribution < -0.4 is 10.0 Å². The number of fused-ring (bicyclic) bond motifs is 1. The summed E-state index contributed by atoms with van der Waals surface area (Å²) in [5.41, 5.74) is 1.50. The van der Waals surface area contributed by atoms with Crippen LogP contribution in [0.3, 0.4) is 0 Å². The summed E-state index contributed by atoms with van der Waals surface area (Å²) in [5.74, 6) is 0.498. The molecule has 1 saturated carbocycles. The number of hydrogen-bond donors (Lipinski definition) is 2. The van der Waals surface area contributed by atoms with E-state index >= 15 is 0 Å². The molecule has 0 radical (unpaired) electrons. The van der Waals surface area contributed by atoms with Crippen LogP contribution in [0.25, 0.3) is 0 Å². The Bertz CT molecular complexity index is 905. The first-order valence-electron chi connectivity index (χ1n) is 9.93. The molecule has 7 nitrogen and oxygen atoms in total. The topological polar surface area (TPSA) is 95.6 Å². The summed E-state index contributed by atoms with van der Waals surface area (Å²) >= 11 is 1.49. The van der Waals surface area contributed by atoms with Crippen LogP contribution in [0.2, 0.25) is 0 Å². The number of likely N-dealkylation sites (tertiary alicyclic amines) is 1. The first kappa shape index (κ1) is 19.8. The highest BCUT2D eigenvalue weighted by Crippen LogP contribution is 2.41. The zero-order chi connectivity index (χ0) is 20.1. The van der Waals surface area contributed by atoms with E-state index in [9.17, 15) is 18.0 Å². The Morgan fingerprint density at radius 2 is 1.93 bits per heavy atom.